The van der Waals surface area contributed by atoms with Crippen molar-refractivity contribution in [1.82, 2.24) is 15.1 Å². The first-order chi connectivity index (χ1) is 11.7. The van der Waals surface area contributed by atoms with Gasteiger partial charge in [-0.15, -0.1) is 0 Å². The Bertz CT molecular complexity index is 1010. The van der Waals surface area contributed by atoms with Gasteiger partial charge >= 0.3 is 0 Å². The summed E-state index contributed by atoms with van der Waals surface area (Å²) in [6, 6.07) is 17.2. The van der Waals surface area contributed by atoms with Crippen LogP contribution in [0.1, 0.15) is 0 Å². The highest BCUT2D eigenvalue weighted by Crippen LogP contribution is 2.33. The Kier molecular flexibility index (Phi) is 3.63. The van der Waals surface area contributed by atoms with Gasteiger partial charge in [-0.1, -0.05) is 47.1 Å². The van der Waals surface area contributed by atoms with Crippen molar-refractivity contribution in [2.24, 2.45) is 0 Å². The maximum Gasteiger partial charge on any atom is 0.233 e. The molecule has 118 valence electrons. The number of nitrogens with zero attached hydrogens (tertiary/aromatic N) is 4. The summed E-state index contributed by atoms with van der Waals surface area (Å²) in [6.07, 6.45) is 1.54. The number of para-hydroxylation sites is 1. The van der Waals surface area contributed by atoms with Crippen LogP contribution in [0.25, 0.3) is 22.2 Å². The average molecular weight is 337 g/mol. The summed E-state index contributed by atoms with van der Waals surface area (Å²) in [6.45, 7) is 0. The van der Waals surface area contributed by atoms with E-state index in [0.29, 0.717) is 16.6 Å². The van der Waals surface area contributed by atoms with E-state index in [0.717, 1.165) is 22.3 Å². The van der Waals surface area contributed by atoms with Crippen molar-refractivity contribution >= 4 is 34.2 Å². The molecule has 0 bridgehead atoms. The van der Waals surface area contributed by atoms with Crippen LogP contribution in [-0.4, -0.2) is 22.2 Å². The summed E-state index contributed by atoms with van der Waals surface area (Å²) >= 11 is 6.23. The largest absolute Gasteiger partial charge is 0.338 e. The molecule has 0 aliphatic rings. The number of halogens is 1. The molecular weight excluding hydrogens is 324 g/mol. The Hall–Kier alpha value is -2.92. The monoisotopic (exact) mass is 336 g/mol. The molecule has 2 aromatic carbocycles. The van der Waals surface area contributed by atoms with Gasteiger partial charge in [-0.25, -0.2) is 9.97 Å². The topological polar surface area (TPSA) is 55.1 Å². The number of hydrogen-bond donors (Lipinski definition) is 0. The predicted molar refractivity (Wildman–Crippen MR) is 94.6 cm³/mol. The number of anilines is 2. The first-order valence-electron chi connectivity index (χ1n) is 7.39. The summed E-state index contributed by atoms with van der Waals surface area (Å²) in [5.74, 6) is 1.33. The van der Waals surface area contributed by atoms with Crippen molar-refractivity contribution in [2.75, 3.05) is 11.9 Å². The molecule has 0 aliphatic heterocycles. The molecule has 2 heterocycles. The minimum Gasteiger partial charge on any atom is -0.338 e. The van der Waals surface area contributed by atoms with Gasteiger partial charge in [0.25, 0.3) is 0 Å². The van der Waals surface area contributed by atoms with Gasteiger partial charge in [-0.05, 0) is 18.2 Å². The molecule has 4 aromatic rings. The highest BCUT2D eigenvalue weighted by Gasteiger charge is 2.16. The van der Waals surface area contributed by atoms with E-state index in [-0.39, 0.29) is 0 Å². The number of benzene rings is 2. The predicted octanol–water partition coefficient (Wildman–Crippen LogP) is 4.71. The highest BCUT2D eigenvalue weighted by molar-refractivity contribution is 6.33. The van der Waals surface area contributed by atoms with Crippen LogP contribution in [0.5, 0.6) is 0 Å². The molecule has 4 rings (SSSR count). The van der Waals surface area contributed by atoms with Crippen molar-refractivity contribution in [3.63, 3.8) is 0 Å². The molecule has 0 aliphatic carbocycles. The van der Waals surface area contributed by atoms with Crippen molar-refractivity contribution < 1.29 is 4.52 Å². The van der Waals surface area contributed by atoms with Gasteiger partial charge < -0.3 is 4.52 Å². The fourth-order valence-corrected chi connectivity index (χ4v) is 2.81. The molecule has 6 heteroatoms. The molecular formula is C18H13ClN4O. The Morgan fingerprint density at radius 2 is 1.79 bits per heavy atom. The molecule has 0 spiro atoms. The zero-order valence-corrected chi connectivity index (χ0v) is 13.6. The fraction of sp³-hybridized carbons (Fsp3) is 0.0556. The zero-order valence-electron chi connectivity index (χ0n) is 12.8. The van der Waals surface area contributed by atoms with Crippen LogP contribution in [0.2, 0.25) is 5.02 Å². The van der Waals surface area contributed by atoms with Crippen LogP contribution in [0.15, 0.2) is 65.4 Å². The van der Waals surface area contributed by atoms with E-state index >= 15 is 0 Å². The van der Waals surface area contributed by atoms with Crippen LogP contribution in [0, 0.1) is 0 Å². The summed E-state index contributed by atoms with van der Waals surface area (Å²) in [4.78, 5) is 10.5. The van der Waals surface area contributed by atoms with Crippen LogP contribution in [0.4, 0.5) is 11.7 Å². The van der Waals surface area contributed by atoms with E-state index in [4.69, 9.17) is 16.1 Å². The number of rotatable bonds is 3. The van der Waals surface area contributed by atoms with Gasteiger partial charge in [0, 0.05) is 24.1 Å². The van der Waals surface area contributed by atoms with Crippen LogP contribution in [0.3, 0.4) is 0 Å². The molecule has 0 unspecified atom stereocenters. The Morgan fingerprint density at radius 3 is 2.67 bits per heavy atom. The smallest absolute Gasteiger partial charge is 0.233 e. The Balaban J connectivity index is 1.75. The standard InChI is InChI=1S/C18H13ClN4O/c1-23(18-13-7-3-5-9-15(13)20-11-21-18)17-10-16(22-24-17)12-6-2-4-8-14(12)19/h2-11H,1H3. The molecule has 0 fully saturated rings. The quantitative estimate of drug-likeness (QED) is 0.542. The Morgan fingerprint density at radius 1 is 1.00 bits per heavy atom. The SMILES string of the molecule is CN(c1cc(-c2ccccc2Cl)no1)c1ncnc2ccccc12. The maximum atomic E-state index is 6.23. The molecule has 0 radical (unpaired) electrons. The van der Waals surface area contributed by atoms with E-state index in [1.807, 2.05) is 66.5 Å². The van der Waals surface area contributed by atoms with Crippen LogP contribution in [-0.2, 0) is 0 Å². The van der Waals surface area contributed by atoms with Crippen molar-refractivity contribution in [3.05, 3.63) is 65.9 Å². The number of hydrogen-bond acceptors (Lipinski definition) is 5. The number of fused-ring (bicyclic) bond motifs is 1. The molecule has 5 nitrogen and oxygen atoms in total. The van der Waals surface area contributed by atoms with Gasteiger partial charge in [0.05, 0.1) is 10.5 Å². The first-order valence-corrected chi connectivity index (χ1v) is 7.77. The summed E-state index contributed by atoms with van der Waals surface area (Å²) in [5, 5.41) is 5.70. The molecule has 0 atom stereocenters. The molecule has 24 heavy (non-hydrogen) atoms. The van der Waals surface area contributed by atoms with Gasteiger partial charge in [0.1, 0.15) is 17.8 Å². The van der Waals surface area contributed by atoms with Crippen molar-refractivity contribution in [1.29, 1.82) is 0 Å². The van der Waals surface area contributed by atoms with Crippen LogP contribution < -0.4 is 4.90 Å². The lowest BCUT2D eigenvalue weighted by Gasteiger charge is -2.15. The van der Waals surface area contributed by atoms with Crippen molar-refractivity contribution in [2.45, 2.75) is 0 Å². The minimum absolute atomic E-state index is 0.578. The zero-order chi connectivity index (χ0) is 16.5. The fourth-order valence-electron chi connectivity index (χ4n) is 2.58. The van der Waals surface area contributed by atoms with E-state index < -0.39 is 0 Å². The highest BCUT2D eigenvalue weighted by atomic mass is 35.5. The van der Waals surface area contributed by atoms with E-state index in [9.17, 15) is 0 Å². The summed E-state index contributed by atoms with van der Waals surface area (Å²) in [7, 11) is 1.88. The first kappa shape index (κ1) is 14.7. The third-order valence-corrected chi connectivity index (χ3v) is 4.15. The van der Waals surface area contributed by atoms with E-state index in [1.54, 1.807) is 6.33 Å². The minimum atomic E-state index is 0.578. The summed E-state index contributed by atoms with van der Waals surface area (Å²) < 4.78 is 5.50. The second-order valence-corrected chi connectivity index (χ2v) is 5.71. The Labute approximate surface area is 143 Å². The average Bonchev–Trinajstić information content (AvgIpc) is 3.11. The van der Waals surface area contributed by atoms with Gasteiger partial charge in [0.2, 0.25) is 5.88 Å². The van der Waals surface area contributed by atoms with Gasteiger partial charge in [-0.3, -0.25) is 4.90 Å². The molecule has 0 N–H and O–H groups in total. The van der Waals surface area contributed by atoms with Crippen LogP contribution >= 0.6 is 11.6 Å². The maximum absolute atomic E-state index is 6.23. The molecule has 0 saturated carbocycles. The molecule has 0 amide bonds. The second kappa shape index (κ2) is 5.94. The molecule has 0 saturated heterocycles. The summed E-state index contributed by atoms with van der Waals surface area (Å²) in [5.41, 5.74) is 2.39. The third-order valence-electron chi connectivity index (χ3n) is 3.82. The lowest BCUT2D eigenvalue weighted by atomic mass is 10.1. The lowest BCUT2D eigenvalue weighted by molar-refractivity contribution is 0.428. The van der Waals surface area contributed by atoms with Gasteiger partial charge in [-0.2, -0.15) is 0 Å². The third kappa shape index (κ3) is 2.49. The van der Waals surface area contributed by atoms with Crippen molar-refractivity contribution in [3.8, 4) is 11.3 Å². The van der Waals surface area contributed by atoms with E-state index in [1.165, 1.54) is 0 Å². The molecule has 2 aromatic heterocycles. The lowest BCUT2D eigenvalue weighted by Crippen LogP contribution is -2.11. The van der Waals surface area contributed by atoms with Gasteiger partial charge in [0.15, 0.2) is 0 Å². The second-order valence-electron chi connectivity index (χ2n) is 5.30. The normalized spacial score (nSPS) is 10.9. The van der Waals surface area contributed by atoms with E-state index in [2.05, 4.69) is 15.1 Å². The number of aromatic nitrogens is 3.